The maximum Gasteiger partial charge on any atom is 0.0464 e. The number of aliphatic hydroxyl groups is 1. The van der Waals surface area contributed by atoms with Crippen LogP contribution in [-0.4, -0.2) is 17.8 Å². The quantitative estimate of drug-likeness (QED) is 0.519. The van der Waals surface area contributed by atoms with Crippen LogP contribution in [0.1, 0.15) is 12.8 Å². The Labute approximate surface area is 55.1 Å². The van der Waals surface area contributed by atoms with E-state index >= 15 is 0 Å². The molecule has 0 aromatic carbocycles. The summed E-state index contributed by atoms with van der Waals surface area (Å²) in [7, 11) is 0. The standard InChI is InChI=1S/C7H13NO/c8-4-1-5-6(2-4)7(5)3-9/h4-7,9H,1-3,8H2. The van der Waals surface area contributed by atoms with Crippen molar-refractivity contribution in [1.82, 2.24) is 0 Å². The van der Waals surface area contributed by atoms with Gasteiger partial charge in [0.15, 0.2) is 0 Å². The molecule has 3 N–H and O–H groups in total. The molecular formula is C7H13NO. The molecule has 2 nitrogen and oxygen atoms in total. The van der Waals surface area contributed by atoms with Crippen LogP contribution in [0, 0.1) is 17.8 Å². The van der Waals surface area contributed by atoms with Crippen LogP contribution >= 0.6 is 0 Å². The van der Waals surface area contributed by atoms with Gasteiger partial charge in [-0.05, 0) is 30.6 Å². The summed E-state index contributed by atoms with van der Waals surface area (Å²) >= 11 is 0. The van der Waals surface area contributed by atoms with E-state index in [1.54, 1.807) is 0 Å². The highest BCUT2D eigenvalue weighted by Crippen LogP contribution is 2.56. The van der Waals surface area contributed by atoms with E-state index < -0.39 is 0 Å². The Kier molecular flexibility index (Phi) is 1.08. The molecule has 0 amide bonds. The van der Waals surface area contributed by atoms with Crippen molar-refractivity contribution in [1.29, 1.82) is 0 Å². The van der Waals surface area contributed by atoms with Gasteiger partial charge in [-0.2, -0.15) is 0 Å². The first-order valence-electron chi connectivity index (χ1n) is 3.69. The molecule has 2 fully saturated rings. The highest BCUT2D eigenvalue weighted by molar-refractivity contribution is 5.04. The topological polar surface area (TPSA) is 46.2 Å². The average Bonchev–Trinajstić information content (AvgIpc) is 2.30. The molecule has 2 aliphatic rings. The van der Waals surface area contributed by atoms with Crippen molar-refractivity contribution in [3.8, 4) is 0 Å². The number of fused-ring (bicyclic) bond motifs is 1. The van der Waals surface area contributed by atoms with Crippen LogP contribution in [0.2, 0.25) is 0 Å². The predicted molar refractivity (Wildman–Crippen MR) is 34.8 cm³/mol. The van der Waals surface area contributed by atoms with E-state index in [4.69, 9.17) is 10.8 Å². The number of nitrogens with two attached hydrogens (primary N) is 1. The lowest BCUT2D eigenvalue weighted by Crippen LogP contribution is -2.18. The molecule has 0 spiro atoms. The average molecular weight is 127 g/mol. The predicted octanol–water partition coefficient (Wildman–Crippen LogP) is -0.0380. The minimum Gasteiger partial charge on any atom is -0.396 e. The van der Waals surface area contributed by atoms with Crippen molar-refractivity contribution in [3.63, 3.8) is 0 Å². The minimum absolute atomic E-state index is 0.391. The van der Waals surface area contributed by atoms with Crippen molar-refractivity contribution in [3.05, 3.63) is 0 Å². The van der Waals surface area contributed by atoms with E-state index in [1.807, 2.05) is 0 Å². The van der Waals surface area contributed by atoms with Gasteiger partial charge >= 0.3 is 0 Å². The third kappa shape index (κ3) is 0.700. The molecule has 0 bridgehead atoms. The van der Waals surface area contributed by atoms with Crippen LogP contribution < -0.4 is 5.73 Å². The van der Waals surface area contributed by atoms with Crippen molar-refractivity contribution in [2.45, 2.75) is 18.9 Å². The summed E-state index contributed by atoms with van der Waals surface area (Å²) in [4.78, 5) is 0. The fourth-order valence-corrected chi connectivity index (χ4v) is 2.29. The van der Waals surface area contributed by atoms with Gasteiger partial charge in [0.1, 0.15) is 0 Å². The molecule has 0 aromatic heterocycles. The number of rotatable bonds is 1. The normalized spacial score (nSPS) is 55.3. The van der Waals surface area contributed by atoms with Crippen molar-refractivity contribution in [2.75, 3.05) is 6.61 Å². The zero-order chi connectivity index (χ0) is 6.43. The highest BCUT2D eigenvalue weighted by Gasteiger charge is 2.54. The summed E-state index contributed by atoms with van der Waals surface area (Å²) in [6.07, 6.45) is 2.33. The first-order chi connectivity index (χ1) is 4.33. The summed E-state index contributed by atoms with van der Waals surface area (Å²) in [6.45, 7) is 0.391. The van der Waals surface area contributed by atoms with Crippen LogP contribution in [0.3, 0.4) is 0 Å². The maximum absolute atomic E-state index is 8.76. The maximum atomic E-state index is 8.76. The molecule has 2 heteroatoms. The van der Waals surface area contributed by atoms with Crippen molar-refractivity contribution >= 4 is 0 Å². The first-order valence-corrected chi connectivity index (χ1v) is 3.69. The van der Waals surface area contributed by atoms with Crippen LogP contribution in [0.25, 0.3) is 0 Å². The summed E-state index contributed by atoms with van der Waals surface area (Å²) in [5.41, 5.74) is 5.69. The van der Waals surface area contributed by atoms with Crippen molar-refractivity contribution in [2.24, 2.45) is 23.5 Å². The molecule has 0 aliphatic heterocycles. The molecule has 2 rings (SSSR count). The highest BCUT2D eigenvalue weighted by atomic mass is 16.3. The van der Waals surface area contributed by atoms with Crippen LogP contribution in [0.15, 0.2) is 0 Å². The molecule has 2 saturated carbocycles. The molecule has 0 heterocycles. The van der Waals surface area contributed by atoms with Gasteiger partial charge in [0.05, 0.1) is 0 Å². The van der Waals surface area contributed by atoms with Gasteiger partial charge in [0, 0.05) is 12.6 Å². The van der Waals surface area contributed by atoms with E-state index in [1.165, 1.54) is 0 Å². The minimum atomic E-state index is 0.391. The summed E-state index contributed by atoms with van der Waals surface area (Å²) in [5, 5.41) is 8.76. The largest absolute Gasteiger partial charge is 0.396 e. The summed E-state index contributed by atoms with van der Waals surface area (Å²) in [6, 6.07) is 0.447. The monoisotopic (exact) mass is 127 g/mol. The van der Waals surface area contributed by atoms with Gasteiger partial charge < -0.3 is 10.8 Å². The molecule has 0 aromatic rings. The van der Waals surface area contributed by atoms with Crippen molar-refractivity contribution < 1.29 is 5.11 Å². The molecule has 2 atom stereocenters. The molecule has 2 aliphatic carbocycles. The van der Waals surface area contributed by atoms with Gasteiger partial charge in [0.2, 0.25) is 0 Å². The van der Waals surface area contributed by atoms with Gasteiger partial charge in [-0.1, -0.05) is 0 Å². The molecule has 0 radical (unpaired) electrons. The lowest BCUT2D eigenvalue weighted by Gasteiger charge is -2.04. The van der Waals surface area contributed by atoms with E-state index in [0.717, 1.165) is 24.7 Å². The van der Waals surface area contributed by atoms with E-state index in [2.05, 4.69) is 0 Å². The third-order valence-electron chi connectivity index (χ3n) is 2.87. The smallest absolute Gasteiger partial charge is 0.0464 e. The van der Waals surface area contributed by atoms with Crippen LogP contribution in [0.4, 0.5) is 0 Å². The zero-order valence-corrected chi connectivity index (χ0v) is 5.46. The van der Waals surface area contributed by atoms with Gasteiger partial charge in [-0.3, -0.25) is 0 Å². The lowest BCUT2D eigenvalue weighted by atomic mass is 10.1. The Morgan fingerprint density at radius 1 is 1.33 bits per heavy atom. The summed E-state index contributed by atoms with van der Waals surface area (Å²) < 4.78 is 0. The zero-order valence-electron chi connectivity index (χ0n) is 5.46. The summed E-state index contributed by atoms with van der Waals surface area (Å²) in [5.74, 6) is 2.22. The first kappa shape index (κ1) is 5.69. The fraction of sp³-hybridized carbons (Fsp3) is 1.00. The molecule has 9 heavy (non-hydrogen) atoms. The molecule has 2 unspecified atom stereocenters. The number of hydrogen-bond acceptors (Lipinski definition) is 2. The molecular weight excluding hydrogens is 114 g/mol. The SMILES string of the molecule is NC1CC2C(CO)C2C1. The second-order valence-electron chi connectivity index (χ2n) is 3.41. The second-order valence-corrected chi connectivity index (χ2v) is 3.41. The fourth-order valence-electron chi connectivity index (χ4n) is 2.29. The Hall–Kier alpha value is -0.0800. The second kappa shape index (κ2) is 1.70. The molecule has 52 valence electrons. The molecule has 0 saturated heterocycles. The Bertz CT molecular complexity index is 114. The van der Waals surface area contributed by atoms with Crippen LogP contribution in [0.5, 0.6) is 0 Å². The van der Waals surface area contributed by atoms with E-state index in [-0.39, 0.29) is 0 Å². The van der Waals surface area contributed by atoms with Crippen LogP contribution in [-0.2, 0) is 0 Å². The Balaban J connectivity index is 1.91. The van der Waals surface area contributed by atoms with Gasteiger partial charge in [0.25, 0.3) is 0 Å². The van der Waals surface area contributed by atoms with Gasteiger partial charge in [-0.15, -0.1) is 0 Å². The number of hydrogen-bond donors (Lipinski definition) is 2. The lowest BCUT2D eigenvalue weighted by molar-refractivity contribution is 0.254. The Morgan fingerprint density at radius 3 is 2.33 bits per heavy atom. The third-order valence-corrected chi connectivity index (χ3v) is 2.87. The van der Waals surface area contributed by atoms with Gasteiger partial charge in [-0.25, -0.2) is 0 Å². The van der Waals surface area contributed by atoms with E-state index in [0.29, 0.717) is 18.6 Å². The number of aliphatic hydroxyl groups excluding tert-OH is 1. The van der Waals surface area contributed by atoms with E-state index in [9.17, 15) is 0 Å². The Morgan fingerprint density at radius 2 is 1.89 bits per heavy atom.